The number of hydrogen-bond acceptors (Lipinski definition) is 3. The first-order valence-corrected chi connectivity index (χ1v) is 5.48. The molecule has 0 spiro atoms. The minimum atomic E-state index is -0.394. The molecule has 0 radical (unpaired) electrons. The van der Waals surface area contributed by atoms with E-state index in [1.54, 1.807) is 37.2 Å². The van der Waals surface area contributed by atoms with Crippen LogP contribution >= 0.6 is 0 Å². The number of primary amides is 1. The second-order valence-electron chi connectivity index (χ2n) is 3.91. The van der Waals surface area contributed by atoms with Gasteiger partial charge in [0.2, 0.25) is 5.91 Å². The van der Waals surface area contributed by atoms with Crippen LogP contribution in [0.25, 0.3) is 0 Å². The van der Waals surface area contributed by atoms with Gasteiger partial charge in [-0.15, -0.1) is 0 Å². The Labute approximate surface area is 101 Å². The number of nitrogens with one attached hydrogen (secondary N) is 1. The lowest BCUT2D eigenvalue weighted by molar-refractivity contribution is -0.119. The van der Waals surface area contributed by atoms with Crippen LogP contribution in [0.4, 0.5) is 10.1 Å². The van der Waals surface area contributed by atoms with Crippen LogP contribution in [0, 0.1) is 5.82 Å². The van der Waals surface area contributed by atoms with Crippen LogP contribution in [0.5, 0.6) is 0 Å². The molecule has 17 heavy (non-hydrogen) atoms. The van der Waals surface area contributed by atoms with Gasteiger partial charge in [0.05, 0.1) is 11.7 Å². The molecular weight excluding hydrogens is 221 g/mol. The summed E-state index contributed by atoms with van der Waals surface area (Å²) in [4.78, 5) is 12.8. The summed E-state index contributed by atoms with van der Waals surface area (Å²) in [5.74, 6) is -0.662. The monoisotopic (exact) mass is 239 g/mol. The lowest BCUT2D eigenvalue weighted by Crippen LogP contribution is -2.41. The van der Waals surface area contributed by atoms with Crippen LogP contribution in [0.15, 0.2) is 24.3 Å². The predicted molar refractivity (Wildman–Crippen MR) is 66.3 cm³/mol. The van der Waals surface area contributed by atoms with Gasteiger partial charge >= 0.3 is 0 Å². The van der Waals surface area contributed by atoms with E-state index in [9.17, 15) is 9.18 Å². The van der Waals surface area contributed by atoms with Gasteiger partial charge in [0, 0.05) is 13.6 Å². The van der Waals surface area contributed by atoms with Crippen molar-refractivity contribution < 1.29 is 9.18 Å². The summed E-state index contributed by atoms with van der Waals surface area (Å²) in [6, 6.07) is 6.15. The number of anilines is 1. The number of benzene rings is 1. The minimum absolute atomic E-state index is 0.268. The maximum absolute atomic E-state index is 13.5. The number of rotatable bonds is 6. The third-order valence-electron chi connectivity index (χ3n) is 2.71. The fourth-order valence-corrected chi connectivity index (χ4v) is 1.63. The summed E-state index contributed by atoms with van der Waals surface area (Å²) >= 11 is 0. The predicted octanol–water partition coefficient (Wildman–Crippen LogP) is 0.725. The minimum Gasteiger partial charge on any atom is -0.372 e. The van der Waals surface area contributed by atoms with E-state index in [0.717, 1.165) is 0 Å². The molecule has 0 aliphatic carbocycles. The Kier molecular flexibility index (Phi) is 4.90. The molecule has 1 amide bonds. The van der Waals surface area contributed by atoms with Gasteiger partial charge in [-0.3, -0.25) is 4.79 Å². The molecule has 94 valence electrons. The topological polar surface area (TPSA) is 58.4 Å². The normalized spacial score (nSPS) is 12.2. The third kappa shape index (κ3) is 3.71. The lowest BCUT2D eigenvalue weighted by atomic mass is 10.2. The zero-order chi connectivity index (χ0) is 12.8. The van der Waals surface area contributed by atoms with Crippen molar-refractivity contribution in [1.82, 2.24) is 5.32 Å². The first-order chi connectivity index (χ1) is 8.06. The molecule has 0 saturated heterocycles. The highest BCUT2D eigenvalue weighted by Crippen LogP contribution is 2.17. The molecular formula is C12H18FN3O. The Morgan fingerprint density at radius 2 is 2.18 bits per heavy atom. The lowest BCUT2D eigenvalue weighted by Gasteiger charge is -2.22. The van der Waals surface area contributed by atoms with Crippen LogP contribution in [0.2, 0.25) is 0 Å². The van der Waals surface area contributed by atoms with Crippen molar-refractivity contribution >= 4 is 11.6 Å². The molecule has 1 aromatic carbocycles. The maximum Gasteiger partial charge on any atom is 0.234 e. The van der Waals surface area contributed by atoms with Crippen molar-refractivity contribution in [3.05, 3.63) is 30.1 Å². The molecule has 0 fully saturated rings. The van der Waals surface area contributed by atoms with Crippen molar-refractivity contribution in [1.29, 1.82) is 0 Å². The molecule has 0 aliphatic rings. The summed E-state index contributed by atoms with van der Waals surface area (Å²) in [7, 11) is 3.46. The SMILES string of the molecule is CNC(CCN(C)c1ccccc1F)C(N)=O. The quantitative estimate of drug-likeness (QED) is 0.769. The number of likely N-dealkylation sites (N-methyl/N-ethyl adjacent to an activating group) is 1. The summed E-state index contributed by atoms with van der Waals surface area (Å²) in [5.41, 5.74) is 5.73. The smallest absolute Gasteiger partial charge is 0.234 e. The Balaban J connectivity index is 2.58. The Morgan fingerprint density at radius 1 is 1.53 bits per heavy atom. The maximum atomic E-state index is 13.5. The number of nitrogens with zero attached hydrogens (tertiary/aromatic N) is 1. The number of nitrogens with two attached hydrogens (primary N) is 1. The van der Waals surface area contributed by atoms with E-state index in [4.69, 9.17) is 5.73 Å². The molecule has 0 aromatic heterocycles. The first-order valence-electron chi connectivity index (χ1n) is 5.48. The molecule has 0 heterocycles. The van der Waals surface area contributed by atoms with Gasteiger partial charge in [0.15, 0.2) is 0 Å². The molecule has 4 nitrogen and oxygen atoms in total. The van der Waals surface area contributed by atoms with E-state index in [2.05, 4.69) is 5.32 Å². The summed E-state index contributed by atoms with van der Waals surface area (Å²) < 4.78 is 13.5. The van der Waals surface area contributed by atoms with E-state index < -0.39 is 5.91 Å². The number of hydrogen-bond donors (Lipinski definition) is 2. The highest BCUT2D eigenvalue weighted by molar-refractivity contribution is 5.79. The molecule has 1 unspecified atom stereocenters. The molecule has 1 aromatic rings. The number of para-hydroxylation sites is 1. The van der Waals surface area contributed by atoms with Crippen LogP contribution in [-0.2, 0) is 4.79 Å². The molecule has 0 saturated carbocycles. The number of carbonyl (C=O) groups excluding carboxylic acids is 1. The first kappa shape index (κ1) is 13.4. The van der Waals surface area contributed by atoms with Gasteiger partial charge in [-0.2, -0.15) is 0 Å². The summed E-state index contributed by atoms with van der Waals surface area (Å²) in [5, 5.41) is 2.83. The van der Waals surface area contributed by atoms with Crippen LogP contribution in [0.3, 0.4) is 0 Å². The number of halogens is 1. The highest BCUT2D eigenvalue weighted by atomic mass is 19.1. The number of amides is 1. The fraction of sp³-hybridized carbons (Fsp3) is 0.417. The van der Waals surface area contributed by atoms with E-state index in [1.165, 1.54) is 6.07 Å². The zero-order valence-electron chi connectivity index (χ0n) is 10.1. The average molecular weight is 239 g/mol. The van der Waals surface area contributed by atoms with Crippen molar-refractivity contribution in [3.63, 3.8) is 0 Å². The van der Waals surface area contributed by atoms with Crippen molar-refractivity contribution in [2.45, 2.75) is 12.5 Å². The van der Waals surface area contributed by atoms with Gasteiger partial charge in [-0.05, 0) is 25.6 Å². The summed E-state index contributed by atoms with van der Waals surface area (Å²) in [6.45, 7) is 0.551. The van der Waals surface area contributed by atoms with Crippen molar-refractivity contribution in [3.8, 4) is 0 Å². The van der Waals surface area contributed by atoms with Crippen LogP contribution in [0.1, 0.15) is 6.42 Å². The van der Waals surface area contributed by atoms with Crippen LogP contribution in [-0.4, -0.2) is 32.6 Å². The molecule has 0 bridgehead atoms. The Morgan fingerprint density at radius 3 is 2.71 bits per heavy atom. The van der Waals surface area contributed by atoms with Crippen molar-refractivity contribution in [2.75, 3.05) is 25.5 Å². The van der Waals surface area contributed by atoms with E-state index >= 15 is 0 Å². The number of carbonyl (C=O) groups is 1. The fourth-order valence-electron chi connectivity index (χ4n) is 1.63. The van der Waals surface area contributed by atoms with E-state index in [-0.39, 0.29) is 11.9 Å². The van der Waals surface area contributed by atoms with E-state index in [1.807, 2.05) is 0 Å². The van der Waals surface area contributed by atoms with Gasteiger partial charge < -0.3 is 16.0 Å². The second-order valence-corrected chi connectivity index (χ2v) is 3.91. The van der Waals surface area contributed by atoms with Crippen molar-refractivity contribution in [2.24, 2.45) is 5.73 Å². The Bertz CT molecular complexity index is 384. The highest BCUT2D eigenvalue weighted by Gasteiger charge is 2.14. The molecule has 5 heteroatoms. The zero-order valence-corrected chi connectivity index (χ0v) is 10.1. The standard InChI is InChI=1S/C12H18FN3O/c1-15-10(12(14)17)7-8-16(2)11-6-4-3-5-9(11)13/h3-6,10,15H,7-8H2,1-2H3,(H2,14,17). The third-order valence-corrected chi connectivity index (χ3v) is 2.71. The van der Waals surface area contributed by atoms with E-state index in [0.29, 0.717) is 18.7 Å². The van der Waals surface area contributed by atoms with Crippen LogP contribution < -0.4 is 16.0 Å². The Hall–Kier alpha value is -1.62. The molecule has 1 rings (SSSR count). The van der Waals surface area contributed by atoms with Gasteiger partial charge in [-0.1, -0.05) is 12.1 Å². The van der Waals surface area contributed by atoms with Gasteiger partial charge in [0.1, 0.15) is 5.82 Å². The van der Waals surface area contributed by atoms with Gasteiger partial charge in [0.25, 0.3) is 0 Å². The molecule has 0 aliphatic heterocycles. The molecule has 1 atom stereocenters. The molecule has 3 N–H and O–H groups in total. The summed E-state index contributed by atoms with van der Waals surface area (Å²) in [6.07, 6.45) is 0.538. The average Bonchev–Trinajstić information content (AvgIpc) is 2.29. The largest absolute Gasteiger partial charge is 0.372 e. The second kappa shape index (κ2) is 6.20. The van der Waals surface area contributed by atoms with Gasteiger partial charge in [-0.25, -0.2) is 4.39 Å².